The smallest absolute Gasteiger partial charge is 0.265 e. The van der Waals surface area contributed by atoms with Gasteiger partial charge in [-0.2, -0.15) is 0 Å². The highest BCUT2D eigenvalue weighted by Gasteiger charge is 2.19. The summed E-state index contributed by atoms with van der Waals surface area (Å²) in [6.45, 7) is 1.88. The lowest BCUT2D eigenvalue weighted by Crippen LogP contribution is -2.13. The largest absolute Gasteiger partial charge is 0.360 e. The van der Waals surface area contributed by atoms with E-state index in [0.717, 1.165) is 5.56 Å². The molecule has 0 fully saturated rings. The van der Waals surface area contributed by atoms with Crippen molar-refractivity contribution in [2.75, 3.05) is 4.72 Å². The maximum atomic E-state index is 12.4. The lowest BCUT2D eigenvalue weighted by Gasteiger charge is -2.06. The first kappa shape index (κ1) is 13.9. The van der Waals surface area contributed by atoms with Gasteiger partial charge < -0.3 is 4.98 Å². The van der Waals surface area contributed by atoms with Crippen LogP contribution >= 0.6 is 11.6 Å². The number of pyridine rings is 1. The second-order valence-corrected chi connectivity index (χ2v) is 6.76. The first-order chi connectivity index (χ1) is 9.95. The summed E-state index contributed by atoms with van der Waals surface area (Å²) in [6, 6.07) is 8.42. The van der Waals surface area contributed by atoms with Crippen LogP contribution in [0.25, 0.3) is 10.9 Å². The second-order valence-electron chi connectivity index (χ2n) is 4.67. The Morgan fingerprint density at radius 1 is 1.24 bits per heavy atom. The summed E-state index contributed by atoms with van der Waals surface area (Å²) in [5.74, 6) is 0.281. The number of aromatic nitrogens is 2. The Kier molecular flexibility index (Phi) is 3.35. The van der Waals surface area contributed by atoms with Crippen LogP contribution in [0.4, 0.5) is 5.82 Å². The van der Waals surface area contributed by atoms with Crippen molar-refractivity contribution in [1.29, 1.82) is 0 Å². The molecule has 5 nitrogen and oxygen atoms in total. The fourth-order valence-electron chi connectivity index (χ4n) is 2.01. The van der Waals surface area contributed by atoms with E-state index in [2.05, 4.69) is 14.7 Å². The van der Waals surface area contributed by atoms with Crippen molar-refractivity contribution in [3.8, 4) is 0 Å². The van der Waals surface area contributed by atoms with E-state index in [1.54, 1.807) is 36.5 Å². The topological polar surface area (TPSA) is 74.8 Å². The molecule has 1 aromatic carbocycles. The summed E-state index contributed by atoms with van der Waals surface area (Å²) in [6.07, 6.45) is 3.05. The number of benzene rings is 1. The monoisotopic (exact) mass is 321 g/mol. The Balaban J connectivity index is 2.02. The standard InChI is InChI=1S/C14H12ClN3O2S/c1-9-2-5-14(17-7-9)18-21(19,20)13-8-16-12-6-10(15)3-4-11(12)13/h2-8,16H,1H3,(H,17,18). The van der Waals surface area contributed by atoms with Gasteiger partial charge in [0.15, 0.2) is 0 Å². The van der Waals surface area contributed by atoms with Crippen LogP contribution in [0.15, 0.2) is 47.6 Å². The Bertz CT molecular complexity index is 902. The Morgan fingerprint density at radius 3 is 2.76 bits per heavy atom. The van der Waals surface area contributed by atoms with Crippen LogP contribution in [0.1, 0.15) is 5.56 Å². The van der Waals surface area contributed by atoms with Crippen molar-refractivity contribution in [2.45, 2.75) is 11.8 Å². The van der Waals surface area contributed by atoms with Crippen molar-refractivity contribution >= 4 is 38.3 Å². The minimum atomic E-state index is -3.71. The summed E-state index contributed by atoms with van der Waals surface area (Å²) in [7, 11) is -3.71. The number of H-pyrrole nitrogens is 1. The van der Waals surface area contributed by atoms with Crippen molar-refractivity contribution in [3.05, 3.63) is 53.3 Å². The summed E-state index contributed by atoms with van der Waals surface area (Å²) in [5, 5.41) is 1.13. The number of aryl methyl sites for hydroxylation is 1. The molecule has 0 bridgehead atoms. The normalized spacial score (nSPS) is 11.7. The predicted molar refractivity (Wildman–Crippen MR) is 83.1 cm³/mol. The van der Waals surface area contributed by atoms with E-state index >= 15 is 0 Å². The fourth-order valence-corrected chi connectivity index (χ4v) is 3.37. The third-order valence-corrected chi connectivity index (χ3v) is 4.68. The number of nitrogens with one attached hydrogen (secondary N) is 2. The molecular formula is C14H12ClN3O2S. The number of hydrogen-bond donors (Lipinski definition) is 2. The van der Waals surface area contributed by atoms with E-state index in [1.165, 1.54) is 6.20 Å². The highest BCUT2D eigenvalue weighted by molar-refractivity contribution is 7.93. The van der Waals surface area contributed by atoms with E-state index in [-0.39, 0.29) is 10.7 Å². The van der Waals surface area contributed by atoms with Crippen LogP contribution in [0.3, 0.4) is 0 Å². The third-order valence-electron chi connectivity index (χ3n) is 3.05. The molecule has 0 aliphatic rings. The van der Waals surface area contributed by atoms with Crippen LogP contribution in [0.2, 0.25) is 5.02 Å². The van der Waals surface area contributed by atoms with Gasteiger partial charge in [-0.25, -0.2) is 13.4 Å². The zero-order chi connectivity index (χ0) is 15.0. The number of halogens is 1. The molecule has 2 N–H and O–H groups in total. The number of fused-ring (bicyclic) bond motifs is 1. The SMILES string of the molecule is Cc1ccc(NS(=O)(=O)c2c[nH]c3cc(Cl)ccc23)nc1. The van der Waals surface area contributed by atoms with Crippen LogP contribution in [0, 0.1) is 6.92 Å². The third kappa shape index (κ3) is 2.72. The molecular weight excluding hydrogens is 310 g/mol. The number of nitrogens with zero attached hydrogens (tertiary/aromatic N) is 1. The molecule has 3 aromatic rings. The number of sulfonamides is 1. The molecule has 0 radical (unpaired) electrons. The van der Waals surface area contributed by atoms with E-state index in [1.807, 2.05) is 6.92 Å². The maximum Gasteiger partial charge on any atom is 0.265 e. The quantitative estimate of drug-likeness (QED) is 0.777. The first-order valence-corrected chi connectivity index (χ1v) is 8.04. The van der Waals surface area contributed by atoms with Gasteiger partial charge in [0.2, 0.25) is 0 Å². The highest BCUT2D eigenvalue weighted by atomic mass is 35.5. The van der Waals surface area contributed by atoms with Gasteiger partial charge in [0.25, 0.3) is 10.0 Å². The van der Waals surface area contributed by atoms with Crippen molar-refractivity contribution in [2.24, 2.45) is 0 Å². The first-order valence-electron chi connectivity index (χ1n) is 6.18. The predicted octanol–water partition coefficient (Wildman–Crippen LogP) is 3.33. The van der Waals surface area contributed by atoms with Gasteiger partial charge in [0, 0.05) is 28.3 Å². The van der Waals surface area contributed by atoms with Crippen LogP contribution in [0.5, 0.6) is 0 Å². The Hall–Kier alpha value is -2.05. The molecule has 0 amide bonds. The van der Waals surface area contributed by atoms with E-state index < -0.39 is 10.0 Å². The Labute approximate surface area is 127 Å². The minimum Gasteiger partial charge on any atom is -0.360 e. The summed E-state index contributed by atoms with van der Waals surface area (Å²) >= 11 is 5.89. The molecule has 0 spiro atoms. The molecule has 108 valence electrons. The second kappa shape index (κ2) is 5.05. The van der Waals surface area contributed by atoms with Gasteiger partial charge >= 0.3 is 0 Å². The molecule has 0 aliphatic heterocycles. The molecule has 2 heterocycles. The average molecular weight is 322 g/mol. The van der Waals surface area contributed by atoms with Gasteiger partial charge in [-0.05, 0) is 36.8 Å². The van der Waals surface area contributed by atoms with Crippen LogP contribution < -0.4 is 4.72 Å². The number of anilines is 1. The summed E-state index contributed by atoms with van der Waals surface area (Å²) in [4.78, 5) is 7.12. The maximum absolute atomic E-state index is 12.4. The lowest BCUT2D eigenvalue weighted by atomic mass is 10.2. The number of hydrogen-bond acceptors (Lipinski definition) is 3. The van der Waals surface area contributed by atoms with Crippen LogP contribution in [-0.4, -0.2) is 18.4 Å². The summed E-state index contributed by atoms with van der Waals surface area (Å²) in [5.41, 5.74) is 1.62. The van der Waals surface area contributed by atoms with Gasteiger partial charge in [-0.1, -0.05) is 17.7 Å². The molecule has 21 heavy (non-hydrogen) atoms. The van der Waals surface area contributed by atoms with Gasteiger partial charge in [-0.3, -0.25) is 4.72 Å². The zero-order valence-corrected chi connectivity index (χ0v) is 12.7. The lowest BCUT2D eigenvalue weighted by molar-refractivity contribution is 0.602. The van der Waals surface area contributed by atoms with E-state index in [0.29, 0.717) is 15.9 Å². The summed E-state index contributed by atoms with van der Waals surface area (Å²) < 4.78 is 27.3. The van der Waals surface area contributed by atoms with Crippen molar-refractivity contribution < 1.29 is 8.42 Å². The Morgan fingerprint density at radius 2 is 2.05 bits per heavy atom. The fraction of sp³-hybridized carbons (Fsp3) is 0.0714. The molecule has 3 rings (SSSR count). The number of rotatable bonds is 3. The zero-order valence-electron chi connectivity index (χ0n) is 11.1. The molecule has 0 saturated heterocycles. The van der Waals surface area contributed by atoms with Crippen molar-refractivity contribution in [3.63, 3.8) is 0 Å². The van der Waals surface area contributed by atoms with E-state index in [9.17, 15) is 8.42 Å². The molecule has 0 atom stereocenters. The minimum absolute atomic E-state index is 0.163. The molecule has 0 saturated carbocycles. The molecule has 0 unspecified atom stereocenters. The molecule has 0 aliphatic carbocycles. The van der Waals surface area contributed by atoms with E-state index in [4.69, 9.17) is 11.6 Å². The molecule has 2 aromatic heterocycles. The van der Waals surface area contributed by atoms with Gasteiger partial charge in [0.1, 0.15) is 10.7 Å². The van der Waals surface area contributed by atoms with Crippen LogP contribution in [-0.2, 0) is 10.0 Å². The van der Waals surface area contributed by atoms with Gasteiger partial charge in [0.05, 0.1) is 0 Å². The van der Waals surface area contributed by atoms with Crippen molar-refractivity contribution in [1.82, 2.24) is 9.97 Å². The van der Waals surface area contributed by atoms with Gasteiger partial charge in [-0.15, -0.1) is 0 Å². The number of aromatic amines is 1. The molecule has 7 heteroatoms. The average Bonchev–Trinajstić information content (AvgIpc) is 2.85. The highest BCUT2D eigenvalue weighted by Crippen LogP contribution is 2.26.